The molecule has 0 saturated carbocycles. The summed E-state index contributed by atoms with van der Waals surface area (Å²) in [6.45, 7) is 3.81. The largest absolute Gasteiger partial charge is 0.365 e. The van der Waals surface area contributed by atoms with E-state index in [-0.39, 0.29) is 0 Å². The number of nitrogens with two attached hydrogens (primary N) is 1. The van der Waals surface area contributed by atoms with E-state index in [2.05, 4.69) is 5.16 Å². The van der Waals surface area contributed by atoms with Gasteiger partial charge in [0.15, 0.2) is 5.76 Å². The molecule has 0 aliphatic heterocycles. The van der Waals surface area contributed by atoms with Gasteiger partial charge in [-0.25, -0.2) is 0 Å². The molecule has 0 aromatic carbocycles. The molecule has 4 nitrogen and oxygen atoms in total. The quantitative estimate of drug-likeness (QED) is 0.869. The van der Waals surface area contributed by atoms with Crippen LogP contribution in [0.3, 0.4) is 0 Å². The summed E-state index contributed by atoms with van der Waals surface area (Å²) >= 11 is 2.98. The number of nitrogens with zero attached hydrogens (tertiary/aromatic N) is 1. The first-order valence-corrected chi connectivity index (χ1v) is 6.99. The maximum Gasteiger partial charge on any atom is 0.259 e. The zero-order valence-corrected chi connectivity index (χ0v) is 11.4. The molecule has 2 aromatic heterocycles. The molecular weight excluding hydrogens is 256 g/mol. The molecule has 2 N–H and O–H groups in total. The number of aryl methyl sites for hydroxylation is 1. The Labute approximate surface area is 107 Å². The first-order chi connectivity index (χ1) is 8.06. The second-order valence-electron chi connectivity index (χ2n) is 3.62. The van der Waals surface area contributed by atoms with E-state index in [1.807, 2.05) is 20.1 Å². The van der Waals surface area contributed by atoms with Crippen molar-refractivity contribution in [3.05, 3.63) is 22.2 Å². The Bertz CT molecular complexity index is 572. The second kappa shape index (κ2) is 4.54. The highest BCUT2D eigenvalue weighted by Crippen LogP contribution is 2.42. The van der Waals surface area contributed by atoms with Crippen LogP contribution in [0.25, 0.3) is 11.3 Å². The van der Waals surface area contributed by atoms with E-state index in [1.54, 1.807) is 18.0 Å². The predicted octanol–water partition coefficient (Wildman–Crippen LogP) is 2.84. The Hall–Kier alpha value is -1.27. The summed E-state index contributed by atoms with van der Waals surface area (Å²) in [5.41, 5.74) is 8.12. The number of carbonyl (C=O) groups excluding carboxylic acids is 1. The fourth-order valence-electron chi connectivity index (χ4n) is 1.66. The topological polar surface area (TPSA) is 69.1 Å². The molecular formula is C11H12N2O2S2. The minimum absolute atomic E-state index is 0.397. The molecule has 0 unspecified atom stereocenters. The molecule has 2 aromatic rings. The van der Waals surface area contributed by atoms with Crippen LogP contribution >= 0.6 is 23.1 Å². The molecule has 0 aliphatic rings. The third-order valence-corrected chi connectivity index (χ3v) is 4.93. The average molecular weight is 268 g/mol. The SMILES string of the molecule is CSc1sc(C(N)=O)c(C)c1-c1oncc1C. The first kappa shape index (κ1) is 12.2. The van der Waals surface area contributed by atoms with Crippen LogP contribution in [0.1, 0.15) is 20.8 Å². The van der Waals surface area contributed by atoms with Gasteiger partial charge in [0, 0.05) is 11.1 Å². The lowest BCUT2D eigenvalue weighted by Crippen LogP contribution is -2.10. The number of thioether (sulfide) groups is 1. The van der Waals surface area contributed by atoms with Crippen LogP contribution in [-0.2, 0) is 0 Å². The van der Waals surface area contributed by atoms with Crippen molar-refractivity contribution >= 4 is 29.0 Å². The van der Waals surface area contributed by atoms with Crippen LogP contribution in [0.4, 0.5) is 0 Å². The normalized spacial score (nSPS) is 10.8. The Morgan fingerprint density at radius 3 is 2.71 bits per heavy atom. The molecule has 0 bridgehead atoms. The summed E-state index contributed by atoms with van der Waals surface area (Å²) in [5.74, 6) is 0.321. The number of amides is 1. The fraction of sp³-hybridized carbons (Fsp3) is 0.273. The van der Waals surface area contributed by atoms with Gasteiger partial charge in [0.25, 0.3) is 5.91 Å². The predicted molar refractivity (Wildman–Crippen MR) is 69.6 cm³/mol. The monoisotopic (exact) mass is 268 g/mol. The lowest BCUT2D eigenvalue weighted by molar-refractivity contribution is 0.100. The number of primary amides is 1. The maximum absolute atomic E-state index is 11.3. The number of rotatable bonds is 3. The van der Waals surface area contributed by atoms with Gasteiger partial charge >= 0.3 is 0 Å². The van der Waals surface area contributed by atoms with Crippen molar-refractivity contribution in [2.24, 2.45) is 5.73 Å². The van der Waals surface area contributed by atoms with E-state index in [9.17, 15) is 4.79 Å². The average Bonchev–Trinajstić information content (AvgIpc) is 2.82. The lowest BCUT2D eigenvalue weighted by Gasteiger charge is -2.00. The zero-order chi connectivity index (χ0) is 12.6. The molecule has 0 fully saturated rings. The molecule has 0 radical (unpaired) electrons. The van der Waals surface area contributed by atoms with Crippen LogP contribution in [0.15, 0.2) is 14.9 Å². The van der Waals surface area contributed by atoms with Gasteiger partial charge in [0.2, 0.25) is 0 Å². The summed E-state index contributed by atoms with van der Waals surface area (Å²) in [5, 5.41) is 3.77. The van der Waals surface area contributed by atoms with Crippen LogP contribution in [0.2, 0.25) is 0 Å². The summed E-state index contributed by atoms with van der Waals surface area (Å²) in [6.07, 6.45) is 3.63. The van der Waals surface area contributed by atoms with Gasteiger partial charge in [-0.2, -0.15) is 0 Å². The summed E-state index contributed by atoms with van der Waals surface area (Å²) in [6, 6.07) is 0. The lowest BCUT2D eigenvalue weighted by atomic mass is 10.1. The van der Waals surface area contributed by atoms with Crippen molar-refractivity contribution in [3.63, 3.8) is 0 Å². The molecule has 2 heterocycles. The minimum Gasteiger partial charge on any atom is -0.365 e. The second-order valence-corrected chi connectivity index (χ2v) is 5.72. The molecule has 17 heavy (non-hydrogen) atoms. The third kappa shape index (κ3) is 1.98. The van der Waals surface area contributed by atoms with Crippen molar-refractivity contribution in [3.8, 4) is 11.3 Å². The van der Waals surface area contributed by atoms with Crippen LogP contribution in [-0.4, -0.2) is 17.3 Å². The highest BCUT2D eigenvalue weighted by atomic mass is 32.2. The number of aromatic nitrogens is 1. The molecule has 0 atom stereocenters. The summed E-state index contributed by atoms with van der Waals surface area (Å²) < 4.78 is 6.28. The number of carbonyl (C=O) groups is 1. The van der Waals surface area contributed by atoms with E-state index < -0.39 is 5.91 Å². The Morgan fingerprint density at radius 2 is 2.24 bits per heavy atom. The zero-order valence-electron chi connectivity index (χ0n) is 9.73. The molecule has 6 heteroatoms. The van der Waals surface area contributed by atoms with Gasteiger partial charge < -0.3 is 10.3 Å². The van der Waals surface area contributed by atoms with Crippen molar-refractivity contribution in [1.29, 1.82) is 0 Å². The fourth-order valence-corrected chi connectivity index (χ4v) is 3.58. The standard InChI is InChI=1S/C11H12N2O2S2/c1-5-4-13-15-8(5)7-6(2)9(10(12)14)17-11(7)16-3/h4H,1-3H3,(H2,12,14). The van der Waals surface area contributed by atoms with Crippen molar-refractivity contribution in [1.82, 2.24) is 5.16 Å². The smallest absolute Gasteiger partial charge is 0.259 e. The van der Waals surface area contributed by atoms with Crippen molar-refractivity contribution in [2.45, 2.75) is 18.1 Å². The highest BCUT2D eigenvalue weighted by Gasteiger charge is 2.22. The molecule has 90 valence electrons. The highest BCUT2D eigenvalue weighted by molar-refractivity contribution is 8.00. The third-order valence-electron chi connectivity index (χ3n) is 2.50. The Morgan fingerprint density at radius 1 is 1.53 bits per heavy atom. The van der Waals surface area contributed by atoms with Gasteiger partial charge in [-0.15, -0.1) is 23.1 Å². The van der Waals surface area contributed by atoms with Crippen LogP contribution < -0.4 is 5.73 Å². The number of hydrogen-bond acceptors (Lipinski definition) is 5. The van der Waals surface area contributed by atoms with E-state index in [0.29, 0.717) is 4.88 Å². The van der Waals surface area contributed by atoms with Gasteiger partial charge in [-0.05, 0) is 25.7 Å². The first-order valence-electron chi connectivity index (χ1n) is 4.95. The van der Waals surface area contributed by atoms with Crippen molar-refractivity contribution in [2.75, 3.05) is 6.26 Å². The molecule has 0 spiro atoms. The van der Waals surface area contributed by atoms with Crippen LogP contribution in [0, 0.1) is 13.8 Å². The molecule has 0 aliphatic carbocycles. The van der Waals surface area contributed by atoms with Gasteiger partial charge in [-0.3, -0.25) is 4.79 Å². The molecule has 0 saturated heterocycles. The van der Waals surface area contributed by atoms with E-state index >= 15 is 0 Å². The minimum atomic E-state index is -0.397. The van der Waals surface area contributed by atoms with E-state index in [0.717, 1.165) is 26.7 Å². The summed E-state index contributed by atoms with van der Waals surface area (Å²) in [7, 11) is 0. The van der Waals surface area contributed by atoms with E-state index in [1.165, 1.54) is 11.3 Å². The number of thiophene rings is 1. The van der Waals surface area contributed by atoms with E-state index in [4.69, 9.17) is 10.3 Å². The molecule has 2 rings (SSSR count). The Kier molecular flexibility index (Phi) is 3.26. The van der Waals surface area contributed by atoms with Crippen molar-refractivity contribution < 1.29 is 9.32 Å². The summed E-state index contributed by atoms with van der Waals surface area (Å²) in [4.78, 5) is 11.9. The number of hydrogen-bond donors (Lipinski definition) is 1. The van der Waals surface area contributed by atoms with Gasteiger partial charge in [0.05, 0.1) is 15.3 Å². The van der Waals surface area contributed by atoms with Crippen LogP contribution in [0.5, 0.6) is 0 Å². The Balaban J connectivity index is 2.68. The molecule has 1 amide bonds. The van der Waals surface area contributed by atoms with Gasteiger partial charge in [-0.1, -0.05) is 5.16 Å². The maximum atomic E-state index is 11.3. The van der Waals surface area contributed by atoms with Gasteiger partial charge in [0.1, 0.15) is 0 Å².